The normalized spacial score (nSPS) is 27.5. The molecular weight excluding hydrogens is 537 g/mol. The molecule has 1 amide bonds. The number of nitrogens with two attached hydrogens (primary N) is 1. The summed E-state index contributed by atoms with van der Waals surface area (Å²) in [4.78, 5) is 41.7. The van der Waals surface area contributed by atoms with Gasteiger partial charge in [0.25, 0.3) is 5.96 Å². The molecule has 1 aromatic carbocycles. The lowest BCUT2D eigenvalue weighted by molar-refractivity contribution is -0.525. The zero-order valence-electron chi connectivity index (χ0n) is 25.7. The van der Waals surface area contributed by atoms with Gasteiger partial charge in [0.2, 0.25) is 5.91 Å². The number of aryl methyl sites for hydroxylation is 1. The van der Waals surface area contributed by atoms with E-state index in [0.29, 0.717) is 36.7 Å². The number of nitrogens with one attached hydrogen (secondary N) is 2. The first kappa shape index (κ1) is 31.9. The Morgan fingerprint density at radius 1 is 1.24 bits per heavy atom. The van der Waals surface area contributed by atoms with E-state index in [0.717, 1.165) is 18.4 Å². The van der Waals surface area contributed by atoms with Crippen molar-refractivity contribution in [1.29, 1.82) is 0 Å². The fraction of sp³-hybridized carbons (Fsp3) is 0.700. The van der Waals surface area contributed by atoms with Gasteiger partial charge >= 0.3 is 7.12 Å². The lowest BCUT2D eigenvalue weighted by Gasteiger charge is -2.64. The number of ketones is 1. The number of guanidine groups is 1. The molecule has 0 spiro atoms. The zero-order valence-corrected chi connectivity index (χ0v) is 25.7. The number of carbonyl (C=O) groups excluding carboxylic acids is 2. The standard InChI is InChI=1S/C30H46BN5O6/c1-18(2)14-26(31-41-25-17-21-16-24(29(21,4)5)30(25,6)42-31)34-27(38)20(11-9-13-33-28(32)35-36(39)40)15-23(37)22-12-8-7-10-19(22)3/h7-8,10,12,18,20-21,24-26H,9,11,13-17H2,1-6H3,(H,34,38)(H3,32,33,35)/t20-,21-,24-,25-,26+,30+/m1/s1. The van der Waals surface area contributed by atoms with Gasteiger partial charge < -0.3 is 20.4 Å². The first-order chi connectivity index (χ1) is 19.7. The van der Waals surface area contributed by atoms with Gasteiger partial charge in [0.1, 0.15) is 0 Å². The van der Waals surface area contributed by atoms with Gasteiger partial charge in [-0.15, -0.1) is 0 Å². The molecule has 4 aliphatic rings. The van der Waals surface area contributed by atoms with Gasteiger partial charge in [0, 0.05) is 24.4 Å². The van der Waals surface area contributed by atoms with Crippen molar-refractivity contribution in [3.8, 4) is 0 Å². The van der Waals surface area contributed by atoms with E-state index >= 15 is 0 Å². The van der Waals surface area contributed by atoms with Crippen LogP contribution in [-0.4, -0.2) is 54.0 Å². The molecule has 0 radical (unpaired) electrons. The van der Waals surface area contributed by atoms with Gasteiger partial charge in [-0.05, 0) is 74.7 Å². The Labute approximate surface area is 249 Å². The number of amides is 1. The van der Waals surface area contributed by atoms with Crippen LogP contribution >= 0.6 is 0 Å². The molecule has 11 nitrogen and oxygen atoms in total. The number of aliphatic imine (C=N–C) groups is 1. The second kappa shape index (κ2) is 12.7. The van der Waals surface area contributed by atoms with E-state index < -0.39 is 23.7 Å². The van der Waals surface area contributed by atoms with E-state index in [1.807, 2.05) is 30.5 Å². The first-order valence-electron chi connectivity index (χ1n) is 15.2. The van der Waals surface area contributed by atoms with Crippen molar-refractivity contribution < 1.29 is 23.9 Å². The molecule has 1 aliphatic heterocycles. The Hall–Kier alpha value is -2.99. The molecule has 4 fully saturated rings. The van der Waals surface area contributed by atoms with Crippen molar-refractivity contribution in [2.24, 2.45) is 39.8 Å². The number of nitro groups is 1. The van der Waals surface area contributed by atoms with Crippen molar-refractivity contribution in [2.75, 3.05) is 6.54 Å². The van der Waals surface area contributed by atoms with Crippen LogP contribution in [0.3, 0.4) is 0 Å². The lowest BCUT2D eigenvalue weighted by Crippen LogP contribution is -2.65. The molecule has 3 aliphatic carbocycles. The third-order valence-corrected chi connectivity index (χ3v) is 9.80. The Morgan fingerprint density at radius 2 is 1.95 bits per heavy atom. The topological polar surface area (TPSA) is 158 Å². The number of nitrogens with zero attached hydrogens (tertiary/aromatic N) is 2. The highest BCUT2D eigenvalue weighted by Gasteiger charge is 2.68. The molecule has 1 saturated heterocycles. The van der Waals surface area contributed by atoms with Gasteiger partial charge in [-0.1, -0.05) is 57.4 Å². The van der Waals surface area contributed by atoms with Crippen LogP contribution in [0.25, 0.3) is 0 Å². The monoisotopic (exact) mass is 583 g/mol. The van der Waals surface area contributed by atoms with Crippen LogP contribution in [0.15, 0.2) is 29.3 Å². The van der Waals surface area contributed by atoms with Crippen molar-refractivity contribution in [3.05, 3.63) is 45.5 Å². The van der Waals surface area contributed by atoms with Crippen LogP contribution in [0.1, 0.15) is 89.1 Å². The highest BCUT2D eigenvalue weighted by atomic mass is 16.7. The summed E-state index contributed by atoms with van der Waals surface area (Å²) in [6, 6.07) is 7.34. The number of Topliss-reactive ketones (excluding diaryl/α,β-unsaturated/α-hetero) is 1. The van der Waals surface area contributed by atoms with Crippen molar-refractivity contribution in [3.63, 3.8) is 0 Å². The molecule has 3 saturated carbocycles. The third kappa shape index (κ3) is 6.80. The summed E-state index contributed by atoms with van der Waals surface area (Å²) in [7, 11) is -0.563. The SMILES string of the molecule is Cc1ccccc1C(=O)C[C@@H](CCCN=C(N)N[N+](=O)[O-])C(=O)N[C@@H](CC(C)C)B1O[C@@H]2C[C@H]3C[C@H](C3(C)C)[C@]2(C)O1. The van der Waals surface area contributed by atoms with Crippen LogP contribution in [0.4, 0.5) is 0 Å². The van der Waals surface area contributed by atoms with Gasteiger partial charge in [-0.25, -0.2) is 15.1 Å². The maximum Gasteiger partial charge on any atom is 0.481 e. The summed E-state index contributed by atoms with van der Waals surface area (Å²) >= 11 is 0. The van der Waals surface area contributed by atoms with Gasteiger partial charge in [-0.2, -0.15) is 0 Å². The zero-order chi connectivity index (χ0) is 30.8. The lowest BCUT2D eigenvalue weighted by atomic mass is 9.43. The van der Waals surface area contributed by atoms with Crippen LogP contribution in [0.5, 0.6) is 0 Å². The van der Waals surface area contributed by atoms with Crippen LogP contribution in [0.2, 0.25) is 0 Å². The average molecular weight is 584 g/mol. The predicted molar refractivity (Wildman–Crippen MR) is 161 cm³/mol. The quantitative estimate of drug-likeness (QED) is 0.0601. The minimum absolute atomic E-state index is 0.000338. The molecule has 1 aromatic rings. The second-order valence-corrected chi connectivity index (χ2v) is 13.5. The van der Waals surface area contributed by atoms with Crippen molar-refractivity contribution in [1.82, 2.24) is 10.7 Å². The van der Waals surface area contributed by atoms with E-state index in [9.17, 15) is 19.7 Å². The van der Waals surface area contributed by atoms with E-state index in [1.54, 1.807) is 6.07 Å². The first-order valence-corrected chi connectivity index (χ1v) is 15.2. The Morgan fingerprint density at radius 3 is 2.60 bits per heavy atom. The number of rotatable bonds is 13. The van der Waals surface area contributed by atoms with Gasteiger partial charge in [-0.3, -0.25) is 9.59 Å². The predicted octanol–water partition coefficient (Wildman–Crippen LogP) is 3.86. The molecule has 4 N–H and O–H groups in total. The molecule has 2 bridgehead atoms. The third-order valence-electron chi connectivity index (χ3n) is 9.80. The Bertz CT molecular complexity index is 1210. The molecule has 5 rings (SSSR count). The number of benzene rings is 1. The number of carbonyl (C=O) groups is 2. The van der Waals surface area contributed by atoms with Gasteiger partial charge in [0.15, 0.2) is 10.8 Å². The molecule has 6 atom stereocenters. The average Bonchev–Trinajstić information content (AvgIpc) is 3.26. The van der Waals surface area contributed by atoms with Gasteiger partial charge in [0.05, 0.1) is 17.6 Å². The fourth-order valence-electron chi connectivity index (χ4n) is 7.33. The summed E-state index contributed by atoms with van der Waals surface area (Å²) in [5, 5.41) is 13.0. The molecular formula is C30H46BN5O6. The van der Waals surface area contributed by atoms with Crippen molar-refractivity contribution in [2.45, 2.75) is 97.7 Å². The summed E-state index contributed by atoms with van der Waals surface area (Å²) < 4.78 is 13.2. The van der Waals surface area contributed by atoms with Crippen LogP contribution in [0, 0.1) is 46.1 Å². The number of hydrogen-bond acceptors (Lipinski definition) is 7. The molecule has 42 heavy (non-hydrogen) atoms. The molecule has 12 heteroatoms. The Kier molecular flexibility index (Phi) is 9.67. The smallest absolute Gasteiger partial charge is 0.404 e. The van der Waals surface area contributed by atoms with Crippen LogP contribution in [-0.2, 0) is 14.1 Å². The highest BCUT2D eigenvalue weighted by molar-refractivity contribution is 6.47. The summed E-state index contributed by atoms with van der Waals surface area (Å²) in [5.74, 6) is -0.337. The van der Waals surface area contributed by atoms with E-state index in [4.69, 9.17) is 15.0 Å². The Balaban J connectivity index is 1.48. The van der Waals surface area contributed by atoms with Crippen LogP contribution < -0.4 is 16.5 Å². The maximum absolute atomic E-state index is 13.9. The largest absolute Gasteiger partial charge is 0.481 e. The van der Waals surface area contributed by atoms with Crippen molar-refractivity contribution >= 4 is 24.8 Å². The second-order valence-electron chi connectivity index (χ2n) is 13.5. The number of hydrazine groups is 1. The number of hydrogen-bond donors (Lipinski definition) is 3. The fourth-order valence-corrected chi connectivity index (χ4v) is 7.33. The minimum atomic E-state index is -0.779. The van der Waals surface area contributed by atoms with E-state index in [-0.39, 0.29) is 54.0 Å². The molecule has 0 unspecified atom stereocenters. The van der Waals surface area contributed by atoms with E-state index in [1.165, 1.54) is 0 Å². The summed E-state index contributed by atoms with van der Waals surface area (Å²) in [6.45, 7) is 13.1. The minimum Gasteiger partial charge on any atom is -0.404 e. The summed E-state index contributed by atoms with van der Waals surface area (Å²) in [5.41, 5.74) is 8.61. The summed E-state index contributed by atoms with van der Waals surface area (Å²) in [6.07, 6.45) is 3.58. The van der Waals surface area contributed by atoms with E-state index in [2.05, 4.69) is 44.9 Å². The molecule has 0 aromatic heterocycles. The highest BCUT2D eigenvalue weighted by Crippen LogP contribution is 2.65. The molecule has 230 valence electrons. The molecule has 1 heterocycles. The maximum atomic E-state index is 13.9.